The van der Waals surface area contributed by atoms with Gasteiger partial charge in [0.1, 0.15) is 11.2 Å². The summed E-state index contributed by atoms with van der Waals surface area (Å²) in [5.41, 5.74) is 0.229. The lowest BCUT2D eigenvalue weighted by Crippen LogP contribution is -2.50. The van der Waals surface area contributed by atoms with Crippen LogP contribution >= 0.6 is 0 Å². The number of para-hydroxylation sites is 1. The molecule has 1 unspecified atom stereocenters. The van der Waals surface area contributed by atoms with E-state index in [-0.39, 0.29) is 35.9 Å². The van der Waals surface area contributed by atoms with E-state index in [0.717, 1.165) is 11.3 Å². The van der Waals surface area contributed by atoms with Crippen molar-refractivity contribution in [3.63, 3.8) is 0 Å². The summed E-state index contributed by atoms with van der Waals surface area (Å²) in [6.07, 6.45) is -0.0652. The second kappa shape index (κ2) is 5.33. The Morgan fingerprint density at radius 1 is 1.04 bits per heavy atom. The van der Waals surface area contributed by atoms with Crippen LogP contribution in [0.1, 0.15) is 51.3 Å². The molecule has 2 aromatic rings. The molecule has 0 fully saturated rings. The summed E-state index contributed by atoms with van der Waals surface area (Å²) >= 11 is 0. The van der Waals surface area contributed by atoms with Crippen molar-refractivity contribution >= 4 is 23.3 Å². The molecule has 1 aromatic carbocycles. The van der Waals surface area contributed by atoms with E-state index in [1.54, 1.807) is 9.58 Å². The van der Waals surface area contributed by atoms with Crippen LogP contribution in [-0.2, 0) is 15.0 Å². The number of H-pyrrole nitrogens is 1. The Hall–Kier alpha value is -2.83. The van der Waals surface area contributed by atoms with Crippen molar-refractivity contribution < 1.29 is 9.59 Å². The highest BCUT2D eigenvalue weighted by Gasteiger charge is 2.58. The number of nitrogens with zero attached hydrogens (tertiary/aromatic N) is 2. The van der Waals surface area contributed by atoms with Crippen molar-refractivity contribution in [2.24, 2.45) is 0 Å². The minimum Gasteiger partial charge on any atom is -0.311 e. The molecular weight excluding hydrogens is 332 g/mol. The molecule has 3 heterocycles. The summed E-state index contributed by atoms with van der Waals surface area (Å²) in [6, 6.07) is 7.30. The van der Waals surface area contributed by atoms with Crippen LogP contribution in [0.3, 0.4) is 0 Å². The third-order valence-electron chi connectivity index (χ3n) is 5.28. The van der Waals surface area contributed by atoms with E-state index >= 15 is 0 Å². The van der Waals surface area contributed by atoms with Crippen LogP contribution in [0.5, 0.6) is 0 Å². The number of nitrogens with one attached hydrogen (secondary N) is 2. The Labute approximate surface area is 151 Å². The van der Waals surface area contributed by atoms with Crippen molar-refractivity contribution in [1.29, 1.82) is 0 Å². The van der Waals surface area contributed by atoms with Crippen LogP contribution in [-0.4, -0.2) is 27.6 Å². The molecule has 7 heteroatoms. The van der Waals surface area contributed by atoms with Crippen LogP contribution in [0.15, 0.2) is 29.1 Å². The van der Waals surface area contributed by atoms with Gasteiger partial charge in [-0.3, -0.25) is 24.2 Å². The Morgan fingerprint density at radius 2 is 1.73 bits per heavy atom. The predicted molar refractivity (Wildman–Crippen MR) is 98.5 cm³/mol. The van der Waals surface area contributed by atoms with E-state index in [0.29, 0.717) is 11.4 Å². The summed E-state index contributed by atoms with van der Waals surface area (Å²) < 4.78 is 1.63. The first-order valence-electron chi connectivity index (χ1n) is 8.87. The molecule has 2 aliphatic heterocycles. The molecule has 0 aliphatic carbocycles. The average molecular weight is 354 g/mol. The SMILES string of the molecule is CC(C)N1C(=O)C2(CC(=O)Nc3c2c(=O)[nH]n3C(C)C)c2ccccc21. The molecule has 7 nitrogen and oxygen atoms in total. The zero-order valence-electron chi connectivity index (χ0n) is 15.3. The molecule has 0 radical (unpaired) electrons. The van der Waals surface area contributed by atoms with Gasteiger partial charge in [-0.15, -0.1) is 0 Å². The first-order chi connectivity index (χ1) is 12.3. The van der Waals surface area contributed by atoms with E-state index in [1.807, 2.05) is 52.0 Å². The van der Waals surface area contributed by atoms with Gasteiger partial charge in [-0.1, -0.05) is 18.2 Å². The monoisotopic (exact) mass is 354 g/mol. The van der Waals surface area contributed by atoms with Gasteiger partial charge < -0.3 is 10.2 Å². The molecule has 0 saturated carbocycles. The van der Waals surface area contributed by atoms with Gasteiger partial charge in [0.05, 0.1) is 12.0 Å². The minimum absolute atomic E-state index is 0.0603. The standard InChI is InChI=1S/C19H22N4O3/c1-10(2)22-13-8-6-5-7-12(13)19(18(22)26)9-14(24)20-16-15(19)17(25)21-23(16)11(3)4/h5-8,10-11H,9H2,1-4H3,(H,20,24)(H,21,25). The zero-order valence-corrected chi connectivity index (χ0v) is 15.3. The van der Waals surface area contributed by atoms with E-state index in [4.69, 9.17) is 0 Å². The molecule has 1 aromatic heterocycles. The van der Waals surface area contributed by atoms with Crippen molar-refractivity contribution in [1.82, 2.24) is 9.78 Å². The van der Waals surface area contributed by atoms with Gasteiger partial charge in [-0.25, -0.2) is 0 Å². The molecule has 4 rings (SSSR count). The number of hydrogen-bond acceptors (Lipinski definition) is 3. The fraction of sp³-hybridized carbons (Fsp3) is 0.421. The van der Waals surface area contributed by atoms with Crippen LogP contribution in [0.4, 0.5) is 11.5 Å². The normalized spacial score (nSPS) is 21.5. The molecular formula is C19H22N4O3. The number of fused-ring (bicyclic) bond motifs is 4. The molecule has 1 spiro atoms. The lowest BCUT2D eigenvalue weighted by atomic mass is 9.71. The zero-order chi connectivity index (χ0) is 18.8. The van der Waals surface area contributed by atoms with Gasteiger partial charge in [0.25, 0.3) is 5.56 Å². The third kappa shape index (κ3) is 1.91. The molecule has 0 saturated heterocycles. The topological polar surface area (TPSA) is 87.2 Å². The number of hydrogen-bond donors (Lipinski definition) is 2. The molecule has 2 aliphatic rings. The average Bonchev–Trinajstić information content (AvgIpc) is 3.02. The Balaban J connectivity index is 2.09. The summed E-state index contributed by atoms with van der Waals surface area (Å²) in [7, 11) is 0. The van der Waals surface area contributed by atoms with Crippen molar-refractivity contribution in [3.05, 3.63) is 45.7 Å². The maximum atomic E-state index is 13.6. The molecule has 2 N–H and O–H groups in total. The van der Waals surface area contributed by atoms with Gasteiger partial charge in [0.2, 0.25) is 11.8 Å². The minimum atomic E-state index is -1.27. The summed E-state index contributed by atoms with van der Waals surface area (Å²) in [5, 5.41) is 5.60. The molecule has 26 heavy (non-hydrogen) atoms. The summed E-state index contributed by atoms with van der Waals surface area (Å²) in [5.74, 6) is -0.0773. The van der Waals surface area contributed by atoms with Crippen LogP contribution < -0.4 is 15.8 Å². The van der Waals surface area contributed by atoms with Gasteiger partial charge in [-0.05, 0) is 39.3 Å². The quantitative estimate of drug-likeness (QED) is 0.866. The second-order valence-electron chi connectivity index (χ2n) is 7.54. The highest BCUT2D eigenvalue weighted by Crippen LogP contribution is 2.51. The van der Waals surface area contributed by atoms with Crippen molar-refractivity contribution in [2.45, 2.75) is 51.6 Å². The van der Waals surface area contributed by atoms with Crippen LogP contribution in [0.25, 0.3) is 0 Å². The smallest absolute Gasteiger partial charge is 0.270 e. The Morgan fingerprint density at radius 3 is 2.38 bits per heavy atom. The van der Waals surface area contributed by atoms with Gasteiger partial charge in [0, 0.05) is 17.8 Å². The Bertz CT molecular complexity index is 985. The van der Waals surface area contributed by atoms with E-state index in [2.05, 4.69) is 10.4 Å². The Kier molecular flexibility index (Phi) is 3.41. The van der Waals surface area contributed by atoms with Gasteiger partial charge in [0.15, 0.2) is 0 Å². The number of amides is 2. The fourth-order valence-corrected chi connectivity index (χ4v) is 4.26. The van der Waals surface area contributed by atoms with E-state index < -0.39 is 5.41 Å². The first kappa shape index (κ1) is 16.6. The lowest BCUT2D eigenvalue weighted by Gasteiger charge is -2.33. The number of benzene rings is 1. The second-order valence-corrected chi connectivity index (χ2v) is 7.54. The summed E-state index contributed by atoms with van der Waals surface area (Å²) in [4.78, 5) is 40.8. The predicted octanol–water partition coefficient (Wildman–Crippen LogP) is 2.14. The maximum absolute atomic E-state index is 13.6. The number of anilines is 2. The molecule has 136 valence electrons. The fourth-order valence-electron chi connectivity index (χ4n) is 4.26. The van der Waals surface area contributed by atoms with E-state index in [1.165, 1.54) is 0 Å². The van der Waals surface area contributed by atoms with Gasteiger partial charge in [-0.2, -0.15) is 0 Å². The van der Waals surface area contributed by atoms with E-state index in [9.17, 15) is 14.4 Å². The lowest BCUT2D eigenvalue weighted by molar-refractivity contribution is -0.127. The van der Waals surface area contributed by atoms with Gasteiger partial charge >= 0.3 is 0 Å². The van der Waals surface area contributed by atoms with Crippen LogP contribution in [0, 0.1) is 0 Å². The maximum Gasteiger partial charge on any atom is 0.270 e. The number of rotatable bonds is 2. The molecule has 0 bridgehead atoms. The highest BCUT2D eigenvalue weighted by molar-refractivity contribution is 6.15. The first-order valence-corrected chi connectivity index (χ1v) is 8.87. The number of carbonyl (C=O) groups is 2. The molecule has 2 amide bonds. The largest absolute Gasteiger partial charge is 0.311 e. The number of carbonyl (C=O) groups excluding carboxylic acids is 2. The third-order valence-corrected chi connectivity index (χ3v) is 5.28. The van der Waals surface area contributed by atoms with Crippen LogP contribution in [0.2, 0.25) is 0 Å². The summed E-state index contributed by atoms with van der Waals surface area (Å²) in [6.45, 7) is 7.69. The molecule has 1 atom stereocenters. The number of aromatic nitrogens is 2. The highest BCUT2D eigenvalue weighted by atomic mass is 16.2. The van der Waals surface area contributed by atoms with Crippen molar-refractivity contribution in [3.8, 4) is 0 Å². The number of aromatic amines is 1. The van der Waals surface area contributed by atoms with Crippen molar-refractivity contribution in [2.75, 3.05) is 10.2 Å².